The molecule has 270 valence electrons. The molecule has 49 heavy (non-hydrogen) atoms. The van der Waals surface area contributed by atoms with E-state index in [0.29, 0.717) is 0 Å². The number of carbonyl (C=O) groups excluding carboxylic acids is 3. The number of nitrogens with zero attached hydrogens (tertiary/aromatic N) is 3. The van der Waals surface area contributed by atoms with Gasteiger partial charge in [0.05, 0.1) is 0 Å². The molecular weight excluding hydrogens is 765 g/mol. The molecule has 2 aromatic carbocycles. The molecule has 2 aromatic rings. The fraction of sp³-hybridized carbons (Fsp3) is 0.486. The summed E-state index contributed by atoms with van der Waals surface area (Å²) in [7, 11) is 2.16. The van der Waals surface area contributed by atoms with Crippen molar-refractivity contribution in [2.45, 2.75) is 59.6 Å². The highest BCUT2D eigenvalue weighted by Gasteiger charge is 2.25. The van der Waals surface area contributed by atoms with Crippen molar-refractivity contribution in [3.63, 3.8) is 0 Å². The van der Waals surface area contributed by atoms with Crippen molar-refractivity contribution in [2.75, 3.05) is 59.4 Å². The maximum absolute atomic E-state index is 12.3. The van der Waals surface area contributed by atoms with Gasteiger partial charge >= 0.3 is 6.18 Å². The van der Waals surface area contributed by atoms with Gasteiger partial charge in [-0.15, -0.1) is 0 Å². The molecule has 2 saturated heterocycles. The Bertz CT molecular complexity index is 1400. The molecule has 2 aliphatic rings. The summed E-state index contributed by atoms with van der Waals surface area (Å²) in [5, 5.41) is 3.37. The topological polar surface area (TPSA) is 73.0 Å². The second kappa shape index (κ2) is 21.4. The molecule has 0 aliphatic carbocycles. The number of hydrogen-bond donors (Lipinski definition) is 1. The zero-order valence-electron chi connectivity index (χ0n) is 29.1. The summed E-state index contributed by atoms with van der Waals surface area (Å²) in [4.78, 5) is 39.4. The van der Waals surface area contributed by atoms with E-state index in [9.17, 15) is 22.8 Å². The first-order valence-electron chi connectivity index (χ1n) is 16.8. The van der Waals surface area contributed by atoms with Gasteiger partial charge < -0.3 is 20.0 Å². The summed E-state index contributed by atoms with van der Waals surface area (Å²) in [6.07, 6.45) is -1.32. The highest BCUT2D eigenvalue weighted by Crippen LogP contribution is 2.32. The van der Waals surface area contributed by atoms with Crippen LogP contribution in [-0.2, 0) is 4.79 Å². The first-order chi connectivity index (χ1) is 23.3. The first kappa shape index (κ1) is 42.4. The molecule has 12 heteroatoms. The van der Waals surface area contributed by atoms with E-state index in [1.54, 1.807) is 0 Å². The molecule has 0 atom stereocenters. The first-order valence-corrected chi connectivity index (χ1v) is 18.3. The third-order valence-electron chi connectivity index (χ3n) is 8.42. The van der Waals surface area contributed by atoms with E-state index in [4.69, 9.17) is 4.79 Å². The second-order valence-corrected chi connectivity index (χ2v) is 13.2. The quantitative estimate of drug-likeness (QED) is 0.271. The third-order valence-corrected chi connectivity index (χ3v) is 10.5. The summed E-state index contributed by atoms with van der Waals surface area (Å²) in [5.41, 5.74) is 6.77. The minimum Gasteiger partial charge on any atom is -0.339 e. The Morgan fingerprint density at radius 1 is 0.694 bits per heavy atom. The predicted molar refractivity (Wildman–Crippen MR) is 200 cm³/mol. The van der Waals surface area contributed by atoms with Crippen molar-refractivity contribution < 1.29 is 27.6 Å². The molecule has 0 aromatic heterocycles. The average molecular weight is 815 g/mol. The van der Waals surface area contributed by atoms with E-state index >= 15 is 0 Å². The Morgan fingerprint density at radius 3 is 1.31 bits per heavy atom. The Balaban J connectivity index is 0.000000292. The van der Waals surface area contributed by atoms with E-state index in [-0.39, 0.29) is 11.8 Å². The number of halogens is 5. The van der Waals surface area contributed by atoms with Crippen LogP contribution in [0.4, 0.5) is 13.2 Å². The van der Waals surface area contributed by atoms with Crippen molar-refractivity contribution >= 4 is 58.9 Å². The Labute approximate surface area is 306 Å². The van der Waals surface area contributed by atoms with E-state index < -0.39 is 12.5 Å². The van der Waals surface area contributed by atoms with Gasteiger partial charge in [0.2, 0.25) is 6.29 Å². The van der Waals surface area contributed by atoms with Gasteiger partial charge in [-0.05, 0) is 109 Å². The van der Waals surface area contributed by atoms with Gasteiger partial charge in [-0.3, -0.25) is 14.4 Å². The number of aldehydes is 1. The van der Waals surface area contributed by atoms with Gasteiger partial charge in [-0.2, -0.15) is 13.2 Å². The Kier molecular flexibility index (Phi) is 18.5. The number of rotatable bonds is 8. The molecule has 0 spiro atoms. The lowest BCUT2D eigenvalue weighted by Crippen LogP contribution is -2.30. The van der Waals surface area contributed by atoms with Crippen molar-refractivity contribution in [1.82, 2.24) is 20.0 Å². The molecule has 2 heterocycles. The Hall–Kier alpha value is -2.80. The lowest BCUT2D eigenvalue weighted by atomic mass is 10.0. The normalized spacial score (nSPS) is 14.8. The number of nitrogens with one attached hydrogen (secondary N) is 1. The molecular formula is C37H49Br2F3N4O3. The number of benzene rings is 2. The van der Waals surface area contributed by atoms with E-state index in [1.807, 2.05) is 86.0 Å². The number of hydrogen-bond acceptors (Lipinski definition) is 5. The van der Waals surface area contributed by atoms with Gasteiger partial charge in [0.25, 0.3) is 11.8 Å². The summed E-state index contributed by atoms with van der Waals surface area (Å²) in [6.45, 7) is 15.3. The number of piperidine rings is 2. The second-order valence-electron chi connectivity index (χ2n) is 11.7. The molecule has 0 saturated carbocycles. The van der Waals surface area contributed by atoms with Crippen LogP contribution in [0.2, 0.25) is 0 Å². The molecule has 4 rings (SSSR count). The monoisotopic (exact) mass is 812 g/mol. The molecule has 0 radical (unpaired) electrons. The number of likely N-dealkylation sites (tertiary alicyclic amines) is 1. The van der Waals surface area contributed by atoms with Gasteiger partial charge in [-0.1, -0.05) is 67.3 Å². The SMILES string of the molecule is CCN(CC)C(=O)c1ccc(C(Br)=C2CCN(C)CC2)cc1.CCN(CC)C(=O)c1ccc(C(Br)=C2CCNCC2)cc1.O=CC(F)(F)F. The average Bonchev–Trinajstić information content (AvgIpc) is 3.13. The van der Waals surface area contributed by atoms with Crippen molar-refractivity contribution in [3.05, 3.63) is 81.9 Å². The molecule has 2 amide bonds. The third kappa shape index (κ3) is 13.8. The van der Waals surface area contributed by atoms with Crippen LogP contribution in [0, 0.1) is 0 Å². The summed E-state index contributed by atoms with van der Waals surface area (Å²) < 4.78 is 33.6. The van der Waals surface area contributed by atoms with Crippen LogP contribution in [0.15, 0.2) is 59.7 Å². The lowest BCUT2D eigenvalue weighted by Gasteiger charge is -2.25. The van der Waals surface area contributed by atoms with Crippen LogP contribution in [-0.4, -0.2) is 98.4 Å². The van der Waals surface area contributed by atoms with Crippen molar-refractivity contribution in [1.29, 1.82) is 0 Å². The van der Waals surface area contributed by atoms with Gasteiger partial charge in [0.15, 0.2) is 0 Å². The van der Waals surface area contributed by atoms with Crippen LogP contribution < -0.4 is 5.32 Å². The minimum atomic E-state index is -4.64. The standard InChI is InChI=1S/C18H25BrN2O.C17H23BrN2O.C2HF3O/c1-4-21(5-2)18(22)16-8-6-14(7-9-16)17(19)15-10-12-20(3)13-11-15;1-3-20(4-2)17(21)15-7-5-13(6-8-15)16(18)14-9-11-19-12-10-14;3-2(4,5)1-6/h6-9H,4-5,10-13H2,1-3H3;5-8,19H,3-4,9-12H2,1-2H3;1H. The highest BCUT2D eigenvalue weighted by atomic mass is 79.9. The molecule has 2 fully saturated rings. The van der Waals surface area contributed by atoms with Gasteiger partial charge in [0.1, 0.15) is 0 Å². The number of alkyl halides is 3. The fourth-order valence-corrected chi connectivity index (χ4v) is 6.69. The molecule has 1 N–H and O–H groups in total. The van der Waals surface area contributed by atoms with Gasteiger partial charge in [0, 0.05) is 59.4 Å². The Morgan fingerprint density at radius 2 is 1.00 bits per heavy atom. The maximum Gasteiger partial charge on any atom is 0.446 e. The van der Waals surface area contributed by atoms with Crippen molar-refractivity contribution in [2.24, 2.45) is 0 Å². The van der Waals surface area contributed by atoms with Gasteiger partial charge in [-0.25, -0.2) is 0 Å². The van der Waals surface area contributed by atoms with E-state index in [0.717, 1.165) is 100 Å². The zero-order valence-corrected chi connectivity index (χ0v) is 32.3. The van der Waals surface area contributed by atoms with Crippen LogP contribution in [0.1, 0.15) is 85.2 Å². The smallest absolute Gasteiger partial charge is 0.339 e. The molecule has 0 bridgehead atoms. The lowest BCUT2D eigenvalue weighted by molar-refractivity contribution is -0.156. The van der Waals surface area contributed by atoms with Crippen LogP contribution >= 0.6 is 31.9 Å². The maximum atomic E-state index is 12.3. The summed E-state index contributed by atoms with van der Waals surface area (Å²) in [5.74, 6) is 0.219. The number of carbonyl (C=O) groups is 3. The summed E-state index contributed by atoms with van der Waals surface area (Å²) in [6, 6.07) is 15.9. The number of amides is 2. The van der Waals surface area contributed by atoms with Crippen LogP contribution in [0.5, 0.6) is 0 Å². The minimum absolute atomic E-state index is 0.109. The van der Waals surface area contributed by atoms with Crippen LogP contribution in [0.25, 0.3) is 8.96 Å². The zero-order chi connectivity index (χ0) is 36.6. The van der Waals surface area contributed by atoms with Crippen molar-refractivity contribution in [3.8, 4) is 0 Å². The largest absolute Gasteiger partial charge is 0.446 e. The predicted octanol–water partition coefficient (Wildman–Crippen LogP) is 8.41. The van der Waals surface area contributed by atoms with E-state index in [2.05, 4.69) is 49.1 Å². The van der Waals surface area contributed by atoms with E-state index in [1.165, 1.54) is 20.1 Å². The molecule has 2 aliphatic heterocycles. The summed E-state index contributed by atoms with van der Waals surface area (Å²) >= 11 is 7.47. The molecule has 7 nitrogen and oxygen atoms in total. The molecule has 0 unspecified atom stereocenters. The highest BCUT2D eigenvalue weighted by molar-refractivity contribution is 9.15. The van der Waals surface area contributed by atoms with Crippen LogP contribution in [0.3, 0.4) is 0 Å². The fourth-order valence-electron chi connectivity index (χ4n) is 5.37.